The highest BCUT2D eigenvalue weighted by atomic mass is 32.1. The van der Waals surface area contributed by atoms with Crippen molar-refractivity contribution in [3.63, 3.8) is 0 Å². The topological polar surface area (TPSA) is 3.24 Å². The van der Waals surface area contributed by atoms with E-state index in [0.717, 1.165) is 5.69 Å². The van der Waals surface area contributed by atoms with Crippen LogP contribution < -0.4 is 4.90 Å². The van der Waals surface area contributed by atoms with Crippen LogP contribution in [0.1, 0.15) is 49.9 Å². The molecule has 240 valence electrons. The van der Waals surface area contributed by atoms with Gasteiger partial charge in [-0.15, -0.1) is 11.3 Å². The Hall–Kier alpha value is -5.44. The van der Waals surface area contributed by atoms with Crippen molar-refractivity contribution < 1.29 is 0 Å². The first-order chi connectivity index (χ1) is 24.3. The largest absolute Gasteiger partial charge is 0.310 e. The quantitative estimate of drug-likeness (QED) is 0.182. The van der Waals surface area contributed by atoms with E-state index in [1.54, 1.807) is 0 Å². The fourth-order valence-electron chi connectivity index (χ4n) is 8.90. The van der Waals surface area contributed by atoms with Crippen molar-refractivity contribution in [1.82, 2.24) is 0 Å². The summed E-state index contributed by atoms with van der Waals surface area (Å²) in [5.74, 6) is 0. The van der Waals surface area contributed by atoms with Crippen molar-refractivity contribution >= 4 is 48.6 Å². The predicted octanol–water partition coefficient (Wildman–Crippen LogP) is 13.8. The minimum absolute atomic E-state index is 0.0346. The summed E-state index contributed by atoms with van der Waals surface area (Å²) in [6.45, 7) is 9.50. The molecule has 0 bridgehead atoms. The smallest absolute Gasteiger partial charge is 0.0468 e. The highest BCUT2D eigenvalue weighted by Crippen LogP contribution is 2.56. The van der Waals surface area contributed by atoms with Gasteiger partial charge in [-0.25, -0.2) is 0 Å². The van der Waals surface area contributed by atoms with Gasteiger partial charge >= 0.3 is 0 Å². The summed E-state index contributed by atoms with van der Waals surface area (Å²) in [5.41, 5.74) is 16.8. The molecule has 8 aromatic rings. The molecule has 1 aromatic heterocycles. The van der Waals surface area contributed by atoms with Crippen LogP contribution in [0.15, 0.2) is 152 Å². The summed E-state index contributed by atoms with van der Waals surface area (Å²) in [7, 11) is 0. The van der Waals surface area contributed by atoms with Crippen LogP contribution in [0.25, 0.3) is 53.6 Å². The fraction of sp³-hybridized carbons (Fsp3) is 0.125. The first-order valence-electron chi connectivity index (χ1n) is 17.6. The second kappa shape index (κ2) is 10.5. The van der Waals surface area contributed by atoms with E-state index >= 15 is 0 Å². The molecule has 7 aromatic carbocycles. The first-order valence-corrected chi connectivity index (χ1v) is 18.4. The summed E-state index contributed by atoms with van der Waals surface area (Å²) >= 11 is 1.90. The monoisotopic (exact) mass is 659 g/mol. The number of benzene rings is 7. The molecule has 0 saturated carbocycles. The molecule has 0 atom stereocenters. The third-order valence-electron chi connectivity index (χ3n) is 11.5. The van der Waals surface area contributed by atoms with Crippen molar-refractivity contribution in [1.29, 1.82) is 0 Å². The molecule has 2 aliphatic carbocycles. The Morgan fingerprint density at radius 2 is 1.04 bits per heavy atom. The van der Waals surface area contributed by atoms with Crippen molar-refractivity contribution in [2.45, 2.75) is 38.5 Å². The molecule has 0 N–H and O–H groups in total. The summed E-state index contributed by atoms with van der Waals surface area (Å²) in [4.78, 5) is 2.46. The molecule has 0 amide bonds. The molecule has 0 radical (unpaired) electrons. The van der Waals surface area contributed by atoms with E-state index in [-0.39, 0.29) is 10.8 Å². The third kappa shape index (κ3) is 4.12. The van der Waals surface area contributed by atoms with Gasteiger partial charge in [-0.3, -0.25) is 0 Å². The van der Waals surface area contributed by atoms with Gasteiger partial charge in [0.05, 0.1) is 0 Å². The minimum atomic E-state index is -0.137. The Bertz CT molecular complexity index is 2640. The maximum atomic E-state index is 2.46. The maximum Gasteiger partial charge on any atom is 0.0468 e. The van der Waals surface area contributed by atoms with Crippen LogP contribution in [0.2, 0.25) is 0 Å². The molecule has 2 aliphatic rings. The maximum absolute atomic E-state index is 2.46. The minimum Gasteiger partial charge on any atom is -0.310 e. The average Bonchev–Trinajstić information content (AvgIpc) is 3.72. The van der Waals surface area contributed by atoms with Crippen LogP contribution in [0.5, 0.6) is 0 Å². The van der Waals surface area contributed by atoms with Gasteiger partial charge in [0, 0.05) is 48.1 Å². The van der Waals surface area contributed by atoms with Crippen molar-refractivity contribution in [2.75, 3.05) is 4.90 Å². The molecule has 0 unspecified atom stereocenters. The Morgan fingerprint density at radius 1 is 0.420 bits per heavy atom. The molecule has 10 rings (SSSR count). The molecule has 0 fully saturated rings. The lowest BCUT2D eigenvalue weighted by atomic mass is 9.82. The molecule has 0 aliphatic heterocycles. The number of thiophene rings is 1. The van der Waals surface area contributed by atoms with Crippen molar-refractivity contribution in [2.24, 2.45) is 0 Å². The molecular formula is C48H37NS. The first kappa shape index (κ1) is 29.5. The fourth-order valence-corrected chi connectivity index (χ4v) is 10.0. The second-order valence-electron chi connectivity index (χ2n) is 15.0. The zero-order valence-corrected chi connectivity index (χ0v) is 29.6. The lowest BCUT2D eigenvalue weighted by molar-refractivity contribution is 0.660. The summed E-state index contributed by atoms with van der Waals surface area (Å²) in [5, 5.41) is 2.76. The molecule has 2 heteroatoms. The highest BCUT2D eigenvalue weighted by Gasteiger charge is 2.38. The van der Waals surface area contributed by atoms with Gasteiger partial charge < -0.3 is 4.90 Å². The molecule has 50 heavy (non-hydrogen) atoms. The summed E-state index contributed by atoms with van der Waals surface area (Å²) in [6, 6.07) is 56.6. The van der Waals surface area contributed by atoms with Gasteiger partial charge in [0.1, 0.15) is 0 Å². The number of fused-ring (bicyclic) bond motifs is 10. The van der Waals surface area contributed by atoms with E-state index in [4.69, 9.17) is 0 Å². The van der Waals surface area contributed by atoms with Crippen molar-refractivity contribution in [3.05, 3.63) is 174 Å². The Morgan fingerprint density at radius 3 is 1.88 bits per heavy atom. The van der Waals surface area contributed by atoms with Crippen LogP contribution in [0, 0.1) is 0 Å². The number of hydrogen-bond donors (Lipinski definition) is 0. The summed E-state index contributed by atoms with van der Waals surface area (Å²) < 4.78 is 2.71. The van der Waals surface area contributed by atoms with Crippen LogP contribution in [-0.4, -0.2) is 0 Å². The normalized spacial score (nSPS) is 14.7. The predicted molar refractivity (Wildman–Crippen MR) is 215 cm³/mol. The van der Waals surface area contributed by atoms with Gasteiger partial charge in [-0.05, 0) is 104 Å². The number of hydrogen-bond acceptors (Lipinski definition) is 2. The van der Waals surface area contributed by atoms with Gasteiger partial charge in [0.25, 0.3) is 0 Å². The van der Waals surface area contributed by atoms with Crippen LogP contribution in [0.3, 0.4) is 0 Å². The van der Waals surface area contributed by atoms with E-state index in [9.17, 15) is 0 Å². The molecule has 0 spiro atoms. The lowest BCUT2D eigenvalue weighted by Crippen LogP contribution is -2.17. The zero-order chi connectivity index (χ0) is 33.8. The van der Waals surface area contributed by atoms with Gasteiger partial charge in [0.15, 0.2) is 0 Å². The van der Waals surface area contributed by atoms with Gasteiger partial charge in [-0.2, -0.15) is 0 Å². The van der Waals surface area contributed by atoms with E-state index < -0.39 is 0 Å². The Labute approximate surface area is 298 Å². The van der Waals surface area contributed by atoms with Crippen LogP contribution in [0.4, 0.5) is 17.1 Å². The Kier molecular flexibility index (Phi) is 6.21. The number of rotatable bonds is 4. The number of anilines is 3. The molecule has 1 nitrogen and oxygen atoms in total. The van der Waals surface area contributed by atoms with Crippen molar-refractivity contribution in [3.8, 4) is 33.4 Å². The standard InChI is InChI=1S/C48H37NS/c1-47(2)39-16-10-8-14-35(39)38-28-33(23-25-40(38)47)49(32-20-18-31(19-21-32)30-12-6-5-7-13-30)34-22-24-36-42(29-34)48(3,4)41-26-27-44-46(45(36)41)37-15-9-11-17-43(37)50-44/h5-29H,1-4H3. The van der Waals surface area contributed by atoms with E-state index in [1.165, 1.54) is 87.2 Å². The van der Waals surface area contributed by atoms with E-state index in [0.29, 0.717) is 0 Å². The van der Waals surface area contributed by atoms with Crippen LogP contribution >= 0.6 is 11.3 Å². The van der Waals surface area contributed by atoms with Gasteiger partial charge in [-0.1, -0.05) is 131 Å². The lowest BCUT2D eigenvalue weighted by Gasteiger charge is -2.29. The average molecular weight is 660 g/mol. The number of nitrogens with zero attached hydrogens (tertiary/aromatic N) is 1. The molecular weight excluding hydrogens is 623 g/mol. The zero-order valence-electron chi connectivity index (χ0n) is 28.8. The Balaban J connectivity index is 1.17. The summed E-state index contributed by atoms with van der Waals surface area (Å²) in [6.07, 6.45) is 0. The van der Waals surface area contributed by atoms with Crippen LogP contribution in [-0.2, 0) is 10.8 Å². The van der Waals surface area contributed by atoms with Gasteiger partial charge in [0.2, 0.25) is 0 Å². The van der Waals surface area contributed by atoms with E-state index in [1.807, 2.05) is 11.3 Å². The molecule has 1 heterocycles. The molecule has 0 saturated heterocycles. The SMILES string of the molecule is CC1(C)c2ccccc2-c2cc(N(c3ccc(-c4ccccc4)cc3)c3ccc4c(c3)C(C)(C)c3ccc5sc6ccccc6c5c3-4)ccc21. The second-order valence-corrected chi connectivity index (χ2v) is 16.0. The third-order valence-corrected chi connectivity index (χ3v) is 12.6. The highest BCUT2D eigenvalue weighted by molar-refractivity contribution is 7.26. The van der Waals surface area contributed by atoms with E-state index in [2.05, 4.69) is 184 Å².